The van der Waals surface area contributed by atoms with Crippen LogP contribution in [0.25, 0.3) is 0 Å². The summed E-state index contributed by atoms with van der Waals surface area (Å²) in [4.78, 5) is 4.79. The summed E-state index contributed by atoms with van der Waals surface area (Å²) in [5.41, 5.74) is 0. The number of ether oxygens (including phenoxy) is 2. The van der Waals surface area contributed by atoms with Crippen molar-refractivity contribution in [2.24, 2.45) is 0 Å². The Morgan fingerprint density at radius 2 is 1.05 bits per heavy atom. The van der Waals surface area contributed by atoms with E-state index in [1.54, 1.807) is 0 Å². The maximum Gasteiger partial charge on any atom is 0.0594 e. The van der Waals surface area contributed by atoms with Crippen molar-refractivity contribution in [2.45, 2.75) is 12.8 Å². The average molecular weight is 276 g/mol. The number of hydrogen-bond acceptors (Lipinski definition) is 4. The Hall–Kier alpha value is -1.04. The molecule has 0 amide bonds. The number of rotatable bonds is 4. The van der Waals surface area contributed by atoms with E-state index in [4.69, 9.17) is 9.47 Å². The summed E-state index contributed by atoms with van der Waals surface area (Å²) in [6.45, 7) is 9.63. The summed E-state index contributed by atoms with van der Waals surface area (Å²) in [6.07, 6.45) is 1.80. The molecule has 0 saturated carbocycles. The van der Waals surface area contributed by atoms with Gasteiger partial charge in [-0.05, 0) is 11.8 Å². The highest BCUT2D eigenvalue weighted by molar-refractivity contribution is 5.25. The molecule has 0 aromatic carbocycles. The standard InChI is InChI=1S/C16H24N2O2/c1(3-5-7-17-9-13-19-14-10-17)2-4-6-8-18-11-15-20-16-12-18/h5-16H2. The Balaban J connectivity index is 1.51. The summed E-state index contributed by atoms with van der Waals surface area (Å²) in [6, 6.07) is 0. The first-order chi connectivity index (χ1) is 9.95. The maximum absolute atomic E-state index is 5.31. The molecule has 0 aliphatic carbocycles. The van der Waals surface area contributed by atoms with Crippen molar-refractivity contribution in [2.75, 3.05) is 65.7 Å². The molecule has 2 fully saturated rings. The molecule has 2 saturated heterocycles. The zero-order valence-corrected chi connectivity index (χ0v) is 12.2. The van der Waals surface area contributed by atoms with E-state index in [-0.39, 0.29) is 0 Å². The highest BCUT2D eigenvalue weighted by Crippen LogP contribution is 1.97. The van der Waals surface area contributed by atoms with Gasteiger partial charge < -0.3 is 9.47 Å². The Bertz CT molecular complexity index is 339. The van der Waals surface area contributed by atoms with E-state index >= 15 is 0 Å². The zero-order valence-electron chi connectivity index (χ0n) is 12.2. The molecule has 0 unspecified atom stereocenters. The first kappa shape index (κ1) is 15.4. The summed E-state index contributed by atoms with van der Waals surface area (Å²) >= 11 is 0. The van der Waals surface area contributed by atoms with Gasteiger partial charge >= 0.3 is 0 Å². The molecule has 0 atom stereocenters. The van der Waals surface area contributed by atoms with Crippen LogP contribution in [-0.2, 0) is 9.47 Å². The highest BCUT2D eigenvalue weighted by Gasteiger charge is 2.08. The molecular formula is C16H24N2O2. The largest absolute Gasteiger partial charge is 0.379 e. The van der Waals surface area contributed by atoms with Gasteiger partial charge in [0.1, 0.15) is 0 Å². The second-order valence-electron chi connectivity index (χ2n) is 5.01. The van der Waals surface area contributed by atoms with Crippen LogP contribution in [0.2, 0.25) is 0 Å². The van der Waals surface area contributed by atoms with E-state index in [1.807, 2.05) is 0 Å². The third-order valence-electron chi connectivity index (χ3n) is 3.55. The van der Waals surface area contributed by atoms with Crippen LogP contribution in [-0.4, -0.2) is 75.5 Å². The number of morpholine rings is 2. The van der Waals surface area contributed by atoms with Gasteiger partial charge in [0.05, 0.1) is 26.4 Å². The monoisotopic (exact) mass is 276 g/mol. The molecule has 0 aromatic heterocycles. The summed E-state index contributed by atoms with van der Waals surface area (Å²) < 4.78 is 10.6. The van der Waals surface area contributed by atoms with Crippen LogP contribution in [0.3, 0.4) is 0 Å². The minimum atomic E-state index is 0.856. The molecule has 2 aliphatic heterocycles. The van der Waals surface area contributed by atoms with Crippen LogP contribution in [0, 0.1) is 23.7 Å². The molecule has 0 spiro atoms. The Kier molecular flexibility index (Phi) is 7.52. The fourth-order valence-electron chi connectivity index (χ4n) is 2.29. The minimum Gasteiger partial charge on any atom is -0.379 e. The van der Waals surface area contributed by atoms with Gasteiger partial charge in [-0.15, -0.1) is 0 Å². The Morgan fingerprint density at radius 3 is 1.45 bits per heavy atom. The minimum absolute atomic E-state index is 0.856. The van der Waals surface area contributed by atoms with Crippen molar-refractivity contribution in [1.82, 2.24) is 9.80 Å². The van der Waals surface area contributed by atoms with E-state index < -0.39 is 0 Å². The summed E-state index contributed by atoms with van der Waals surface area (Å²) in [7, 11) is 0. The van der Waals surface area contributed by atoms with Crippen molar-refractivity contribution in [3.05, 3.63) is 0 Å². The van der Waals surface area contributed by atoms with Crippen LogP contribution < -0.4 is 0 Å². The van der Waals surface area contributed by atoms with E-state index in [1.165, 1.54) is 0 Å². The van der Waals surface area contributed by atoms with E-state index in [2.05, 4.69) is 33.5 Å². The predicted octanol–water partition coefficient (Wildman–Crippen LogP) is 0.438. The lowest BCUT2D eigenvalue weighted by atomic mass is 10.3. The number of hydrogen-bond donors (Lipinski definition) is 0. The summed E-state index contributed by atoms with van der Waals surface area (Å²) in [5.74, 6) is 12.2. The lowest BCUT2D eigenvalue weighted by Crippen LogP contribution is -2.36. The SMILES string of the molecule is C(C#CCCN1CCOCC1)#CCCN1CCOCC1. The fourth-order valence-corrected chi connectivity index (χ4v) is 2.29. The number of nitrogens with zero attached hydrogens (tertiary/aromatic N) is 2. The van der Waals surface area contributed by atoms with Crippen molar-refractivity contribution in [1.29, 1.82) is 0 Å². The molecule has 2 heterocycles. The molecule has 4 nitrogen and oxygen atoms in total. The molecule has 0 radical (unpaired) electrons. The van der Waals surface area contributed by atoms with Gasteiger partial charge in [-0.1, -0.05) is 11.8 Å². The van der Waals surface area contributed by atoms with Crippen LogP contribution in [0.15, 0.2) is 0 Å². The molecule has 110 valence electrons. The molecule has 4 heteroatoms. The topological polar surface area (TPSA) is 24.9 Å². The molecule has 2 rings (SSSR count). The van der Waals surface area contributed by atoms with Crippen molar-refractivity contribution >= 4 is 0 Å². The normalized spacial score (nSPS) is 20.6. The van der Waals surface area contributed by atoms with Crippen LogP contribution in [0.4, 0.5) is 0 Å². The fraction of sp³-hybridized carbons (Fsp3) is 0.750. The second kappa shape index (κ2) is 9.80. The molecule has 20 heavy (non-hydrogen) atoms. The highest BCUT2D eigenvalue weighted by atomic mass is 16.5. The van der Waals surface area contributed by atoms with Crippen molar-refractivity contribution < 1.29 is 9.47 Å². The van der Waals surface area contributed by atoms with Gasteiger partial charge in [-0.25, -0.2) is 0 Å². The lowest BCUT2D eigenvalue weighted by molar-refractivity contribution is 0.0389. The molecule has 0 N–H and O–H groups in total. The quantitative estimate of drug-likeness (QED) is 0.696. The van der Waals surface area contributed by atoms with E-state index in [9.17, 15) is 0 Å². The van der Waals surface area contributed by atoms with Gasteiger partial charge in [0, 0.05) is 52.1 Å². The lowest BCUT2D eigenvalue weighted by Gasteiger charge is -2.25. The first-order valence-corrected chi connectivity index (χ1v) is 7.51. The first-order valence-electron chi connectivity index (χ1n) is 7.51. The van der Waals surface area contributed by atoms with Crippen molar-refractivity contribution in [3.8, 4) is 23.7 Å². The molecule has 0 aromatic rings. The third-order valence-corrected chi connectivity index (χ3v) is 3.55. The van der Waals surface area contributed by atoms with E-state index in [0.29, 0.717) is 0 Å². The average Bonchev–Trinajstić information content (AvgIpc) is 2.52. The molecular weight excluding hydrogens is 252 g/mol. The zero-order chi connectivity index (χ0) is 13.9. The van der Waals surface area contributed by atoms with Crippen molar-refractivity contribution in [3.63, 3.8) is 0 Å². The van der Waals surface area contributed by atoms with Gasteiger partial charge in [0.15, 0.2) is 0 Å². The van der Waals surface area contributed by atoms with Crippen LogP contribution in [0.1, 0.15) is 12.8 Å². The van der Waals surface area contributed by atoms with Crippen LogP contribution in [0.5, 0.6) is 0 Å². The Morgan fingerprint density at radius 1 is 0.650 bits per heavy atom. The van der Waals surface area contributed by atoms with E-state index in [0.717, 1.165) is 78.5 Å². The molecule has 0 bridgehead atoms. The predicted molar refractivity (Wildman–Crippen MR) is 79.3 cm³/mol. The van der Waals surface area contributed by atoms with Gasteiger partial charge in [0.25, 0.3) is 0 Å². The summed E-state index contributed by atoms with van der Waals surface area (Å²) in [5, 5.41) is 0. The van der Waals surface area contributed by atoms with Gasteiger partial charge in [-0.3, -0.25) is 9.80 Å². The third kappa shape index (κ3) is 6.41. The van der Waals surface area contributed by atoms with Crippen LogP contribution >= 0.6 is 0 Å². The smallest absolute Gasteiger partial charge is 0.0594 e. The second-order valence-corrected chi connectivity index (χ2v) is 5.01. The van der Waals surface area contributed by atoms with Gasteiger partial charge in [0.2, 0.25) is 0 Å². The van der Waals surface area contributed by atoms with Gasteiger partial charge in [-0.2, -0.15) is 0 Å². The maximum atomic E-state index is 5.31. The Labute approximate surface area is 122 Å². The molecule has 2 aliphatic rings.